The van der Waals surface area contributed by atoms with Crippen molar-refractivity contribution in [1.82, 2.24) is 0 Å². The second kappa shape index (κ2) is 6.94. The van der Waals surface area contributed by atoms with Gasteiger partial charge in [-0.25, -0.2) is 0 Å². The van der Waals surface area contributed by atoms with Crippen molar-refractivity contribution >= 4 is 22.7 Å². The van der Waals surface area contributed by atoms with Crippen LogP contribution in [0, 0.1) is 0 Å². The third kappa shape index (κ3) is 3.15. The first kappa shape index (κ1) is 15.1. The molecule has 1 aliphatic heterocycles. The van der Waals surface area contributed by atoms with Crippen LogP contribution in [0.2, 0.25) is 0 Å². The average Bonchev–Trinajstić information content (AvgIpc) is 3.18. The molecule has 1 aliphatic rings. The van der Waals surface area contributed by atoms with E-state index in [1.165, 1.54) is 10.6 Å². The number of thiophene rings is 1. The molecule has 0 fully saturated rings. The lowest BCUT2D eigenvalue weighted by atomic mass is 10.1. The van der Waals surface area contributed by atoms with Gasteiger partial charge in [0.05, 0.1) is 18.3 Å². The molecule has 1 aromatic heterocycles. The van der Waals surface area contributed by atoms with Gasteiger partial charge in [0.2, 0.25) is 0 Å². The molecule has 116 valence electrons. The van der Waals surface area contributed by atoms with Crippen LogP contribution in [-0.2, 0) is 0 Å². The zero-order valence-electron chi connectivity index (χ0n) is 12.7. The lowest BCUT2D eigenvalue weighted by molar-refractivity contribution is 0.340. The molecular formula is C17H21N3OS. The summed E-state index contributed by atoms with van der Waals surface area (Å²) in [5.74, 6) is 0.893. The van der Waals surface area contributed by atoms with Crippen LogP contribution >= 0.6 is 11.3 Å². The third-order valence-corrected chi connectivity index (χ3v) is 4.66. The van der Waals surface area contributed by atoms with Gasteiger partial charge in [0.15, 0.2) is 0 Å². The summed E-state index contributed by atoms with van der Waals surface area (Å²) in [6.07, 6.45) is 1.81. The SMILES string of the molecule is CCOc1ccc(N2N=C(CCN)CC2c2cccs2)cc1. The topological polar surface area (TPSA) is 50.8 Å². The maximum absolute atomic E-state index is 5.70. The van der Waals surface area contributed by atoms with Crippen molar-refractivity contribution in [3.8, 4) is 5.75 Å². The van der Waals surface area contributed by atoms with Crippen LogP contribution in [-0.4, -0.2) is 18.9 Å². The number of nitrogens with zero attached hydrogens (tertiary/aromatic N) is 2. The van der Waals surface area contributed by atoms with Gasteiger partial charge in [-0.3, -0.25) is 5.01 Å². The second-order valence-electron chi connectivity index (χ2n) is 5.21. The van der Waals surface area contributed by atoms with Crippen molar-refractivity contribution in [3.05, 3.63) is 46.7 Å². The molecule has 0 spiro atoms. The Hall–Kier alpha value is -1.85. The van der Waals surface area contributed by atoms with Gasteiger partial charge in [-0.15, -0.1) is 11.3 Å². The first-order valence-corrected chi connectivity index (χ1v) is 8.51. The van der Waals surface area contributed by atoms with E-state index in [0.717, 1.165) is 24.3 Å². The summed E-state index contributed by atoms with van der Waals surface area (Å²) in [6, 6.07) is 12.7. The number of rotatable bonds is 6. The lowest BCUT2D eigenvalue weighted by Gasteiger charge is -2.23. The van der Waals surface area contributed by atoms with Crippen LogP contribution in [0.3, 0.4) is 0 Å². The molecule has 2 heterocycles. The van der Waals surface area contributed by atoms with Gasteiger partial charge < -0.3 is 10.5 Å². The molecule has 22 heavy (non-hydrogen) atoms. The highest BCUT2D eigenvalue weighted by atomic mass is 32.1. The summed E-state index contributed by atoms with van der Waals surface area (Å²) in [5.41, 5.74) is 7.96. The largest absolute Gasteiger partial charge is 0.494 e. The Morgan fingerprint density at radius 2 is 2.14 bits per heavy atom. The quantitative estimate of drug-likeness (QED) is 0.882. The predicted molar refractivity (Wildman–Crippen MR) is 92.9 cm³/mol. The molecule has 3 rings (SSSR count). The van der Waals surface area contributed by atoms with E-state index in [2.05, 4.69) is 34.7 Å². The molecule has 0 radical (unpaired) electrons. The zero-order valence-corrected chi connectivity index (χ0v) is 13.6. The van der Waals surface area contributed by atoms with Crippen LogP contribution in [0.4, 0.5) is 5.69 Å². The Labute approximate surface area is 135 Å². The van der Waals surface area contributed by atoms with Crippen molar-refractivity contribution < 1.29 is 4.74 Å². The van der Waals surface area contributed by atoms with Gasteiger partial charge in [-0.2, -0.15) is 5.10 Å². The van der Waals surface area contributed by atoms with Crippen molar-refractivity contribution in [1.29, 1.82) is 0 Å². The molecule has 4 nitrogen and oxygen atoms in total. The number of hydrazone groups is 1. The van der Waals surface area contributed by atoms with Gasteiger partial charge >= 0.3 is 0 Å². The summed E-state index contributed by atoms with van der Waals surface area (Å²) in [7, 11) is 0. The summed E-state index contributed by atoms with van der Waals surface area (Å²) in [6.45, 7) is 3.32. The van der Waals surface area contributed by atoms with E-state index in [0.29, 0.717) is 13.2 Å². The molecule has 0 amide bonds. The normalized spacial score (nSPS) is 17.6. The van der Waals surface area contributed by atoms with E-state index in [-0.39, 0.29) is 6.04 Å². The monoisotopic (exact) mass is 315 g/mol. The molecular weight excluding hydrogens is 294 g/mol. The van der Waals surface area contributed by atoms with E-state index in [9.17, 15) is 0 Å². The average molecular weight is 315 g/mol. The zero-order chi connectivity index (χ0) is 15.4. The highest BCUT2D eigenvalue weighted by Gasteiger charge is 2.29. The fourth-order valence-electron chi connectivity index (χ4n) is 2.69. The van der Waals surface area contributed by atoms with Crippen LogP contribution < -0.4 is 15.5 Å². The third-order valence-electron chi connectivity index (χ3n) is 3.69. The fourth-order valence-corrected chi connectivity index (χ4v) is 3.50. The summed E-state index contributed by atoms with van der Waals surface area (Å²) >= 11 is 1.78. The fraction of sp³-hybridized carbons (Fsp3) is 0.353. The van der Waals surface area contributed by atoms with Crippen LogP contribution in [0.25, 0.3) is 0 Å². The van der Waals surface area contributed by atoms with Gasteiger partial charge in [0.1, 0.15) is 5.75 Å². The number of nitrogens with two attached hydrogens (primary N) is 1. The number of hydrogen-bond donors (Lipinski definition) is 1. The van der Waals surface area contributed by atoms with Crippen molar-refractivity contribution in [2.75, 3.05) is 18.2 Å². The second-order valence-corrected chi connectivity index (χ2v) is 6.19. The Bertz CT molecular complexity index is 622. The minimum atomic E-state index is 0.277. The first-order chi connectivity index (χ1) is 10.8. The van der Waals surface area contributed by atoms with E-state index in [4.69, 9.17) is 15.6 Å². The molecule has 2 N–H and O–H groups in total. The molecule has 1 unspecified atom stereocenters. The molecule has 0 bridgehead atoms. The minimum absolute atomic E-state index is 0.277. The Kier molecular flexibility index (Phi) is 4.75. The molecule has 5 heteroatoms. The standard InChI is InChI=1S/C17H21N3OS/c1-2-21-15-7-5-14(6-8-15)20-16(17-4-3-11-22-17)12-13(19-20)9-10-18/h3-8,11,16H,2,9-10,12,18H2,1H3. The van der Waals surface area contributed by atoms with E-state index in [1.807, 2.05) is 19.1 Å². The van der Waals surface area contributed by atoms with E-state index in [1.54, 1.807) is 11.3 Å². The van der Waals surface area contributed by atoms with Gasteiger partial charge in [-0.05, 0) is 55.6 Å². The van der Waals surface area contributed by atoms with E-state index >= 15 is 0 Å². The number of anilines is 1. The molecule has 1 atom stereocenters. The van der Waals surface area contributed by atoms with E-state index < -0.39 is 0 Å². The van der Waals surface area contributed by atoms with Crippen LogP contribution in [0.1, 0.15) is 30.7 Å². The van der Waals surface area contributed by atoms with Crippen LogP contribution in [0.15, 0.2) is 46.9 Å². The summed E-state index contributed by atoms with van der Waals surface area (Å²) < 4.78 is 5.51. The lowest BCUT2D eigenvalue weighted by Crippen LogP contribution is -2.17. The van der Waals surface area contributed by atoms with Gasteiger partial charge in [0.25, 0.3) is 0 Å². The van der Waals surface area contributed by atoms with Gasteiger partial charge in [-0.1, -0.05) is 6.07 Å². The highest BCUT2D eigenvalue weighted by molar-refractivity contribution is 7.10. The molecule has 1 aromatic carbocycles. The number of ether oxygens (including phenoxy) is 1. The van der Waals surface area contributed by atoms with Crippen molar-refractivity contribution in [2.45, 2.75) is 25.8 Å². The Morgan fingerprint density at radius 1 is 1.32 bits per heavy atom. The highest BCUT2D eigenvalue weighted by Crippen LogP contribution is 2.38. The molecule has 0 aliphatic carbocycles. The first-order valence-electron chi connectivity index (χ1n) is 7.63. The predicted octanol–water partition coefficient (Wildman–Crippen LogP) is 3.80. The Balaban J connectivity index is 1.86. The maximum Gasteiger partial charge on any atom is 0.119 e. The molecule has 0 saturated heterocycles. The maximum atomic E-state index is 5.70. The summed E-state index contributed by atoms with van der Waals surface area (Å²) in [4.78, 5) is 1.34. The number of hydrogen-bond acceptors (Lipinski definition) is 5. The molecule has 0 saturated carbocycles. The van der Waals surface area contributed by atoms with Crippen molar-refractivity contribution in [3.63, 3.8) is 0 Å². The smallest absolute Gasteiger partial charge is 0.119 e. The van der Waals surface area contributed by atoms with Crippen LogP contribution in [0.5, 0.6) is 5.75 Å². The Morgan fingerprint density at radius 3 is 2.77 bits per heavy atom. The summed E-state index contributed by atoms with van der Waals surface area (Å²) in [5, 5.41) is 9.03. The number of benzene rings is 1. The molecule has 2 aromatic rings. The van der Waals surface area contributed by atoms with Crippen molar-refractivity contribution in [2.24, 2.45) is 10.8 Å². The van der Waals surface area contributed by atoms with Gasteiger partial charge in [0, 0.05) is 17.0 Å². The minimum Gasteiger partial charge on any atom is -0.494 e.